The van der Waals surface area contributed by atoms with Crippen molar-refractivity contribution in [3.8, 4) is 11.3 Å². The molecule has 6 nitrogen and oxygen atoms in total. The number of nitrogens with zero attached hydrogens (tertiary/aromatic N) is 4. The van der Waals surface area contributed by atoms with Crippen molar-refractivity contribution >= 4 is 12.0 Å². The van der Waals surface area contributed by atoms with E-state index in [2.05, 4.69) is 48.5 Å². The Kier molecular flexibility index (Phi) is 6.54. The monoisotopic (exact) mass is 440 g/mol. The van der Waals surface area contributed by atoms with Gasteiger partial charge in [-0.25, -0.2) is 0 Å². The number of benzene rings is 2. The van der Waals surface area contributed by atoms with Crippen molar-refractivity contribution in [3.63, 3.8) is 0 Å². The summed E-state index contributed by atoms with van der Waals surface area (Å²) in [6, 6.07) is 18.5. The van der Waals surface area contributed by atoms with Crippen molar-refractivity contribution in [2.75, 3.05) is 7.05 Å². The second-order valence-electron chi connectivity index (χ2n) is 8.31. The number of carbonyl (C=O) groups excluding carboxylic acids is 1. The molecule has 0 N–H and O–H groups in total. The number of aromatic nitrogens is 3. The number of carbonyl (C=O) groups is 1. The highest BCUT2D eigenvalue weighted by Crippen LogP contribution is 2.24. The molecule has 4 aromatic rings. The van der Waals surface area contributed by atoms with Crippen LogP contribution in [0.1, 0.15) is 33.7 Å². The van der Waals surface area contributed by atoms with Gasteiger partial charge in [-0.3, -0.25) is 9.48 Å². The number of hydrogen-bond acceptors (Lipinski definition) is 4. The average Bonchev–Trinajstić information content (AvgIpc) is 3.36. The predicted octanol–water partition coefficient (Wildman–Crippen LogP) is 5.18. The van der Waals surface area contributed by atoms with Crippen LogP contribution < -0.4 is 0 Å². The van der Waals surface area contributed by atoms with Crippen molar-refractivity contribution in [3.05, 3.63) is 101 Å². The van der Waals surface area contributed by atoms with Crippen LogP contribution in [-0.4, -0.2) is 32.8 Å². The van der Waals surface area contributed by atoms with Gasteiger partial charge in [-0.2, -0.15) is 5.10 Å². The maximum Gasteiger partial charge on any atom is 0.246 e. The molecule has 1 amide bonds. The first-order valence-corrected chi connectivity index (χ1v) is 10.9. The lowest BCUT2D eigenvalue weighted by atomic mass is 10.1. The third-order valence-corrected chi connectivity index (χ3v) is 5.66. The lowest BCUT2D eigenvalue weighted by Gasteiger charge is -2.14. The summed E-state index contributed by atoms with van der Waals surface area (Å²) in [5.41, 5.74) is 6.87. The lowest BCUT2D eigenvalue weighted by Crippen LogP contribution is -2.24. The number of amides is 1. The Morgan fingerprint density at radius 2 is 1.79 bits per heavy atom. The standard InChI is InChI=1S/C27H28N4O2/c1-19-10-12-23(13-11-19)27-24(17-31(28-27)16-22-8-6-5-7-9-22)14-15-26(32)30(4)18-25-20(2)29-33-21(25)3/h5-15,17H,16,18H2,1-4H3/b15-14+. The molecule has 0 radical (unpaired) electrons. The van der Waals surface area contributed by atoms with Gasteiger partial charge in [0.05, 0.1) is 24.5 Å². The number of hydrogen-bond donors (Lipinski definition) is 0. The summed E-state index contributed by atoms with van der Waals surface area (Å²) in [5, 5.41) is 8.80. The van der Waals surface area contributed by atoms with Crippen LogP contribution in [0.3, 0.4) is 0 Å². The maximum atomic E-state index is 12.8. The van der Waals surface area contributed by atoms with Crippen molar-refractivity contribution < 1.29 is 9.32 Å². The van der Waals surface area contributed by atoms with E-state index in [-0.39, 0.29) is 5.91 Å². The molecule has 2 aromatic heterocycles. The summed E-state index contributed by atoms with van der Waals surface area (Å²) >= 11 is 0. The van der Waals surface area contributed by atoms with Crippen molar-refractivity contribution in [2.45, 2.75) is 33.9 Å². The molecule has 0 spiro atoms. The fourth-order valence-corrected chi connectivity index (χ4v) is 3.68. The molecule has 168 valence electrons. The van der Waals surface area contributed by atoms with Crippen LogP contribution >= 0.6 is 0 Å². The first kappa shape index (κ1) is 22.3. The summed E-state index contributed by atoms with van der Waals surface area (Å²) in [5.74, 6) is 0.639. The minimum absolute atomic E-state index is 0.0966. The van der Waals surface area contributed by atoms with Crippen LogP contribution in [0.15, 0.2) is 71.4 Å². The van der Waals surface area contributed by atoms with Gasteiger partial charge in [0.2, 0.25) is 5.91 Å². The van der Waals surface area contributed by atoms with Crippen molar-refractivity contribution in [1.29, 1.82) is 0 Å². The Labute approximate surface area is 194 Å². The highest BCUT2D eigenvalue weighted by molar-refractivity contribution is 5.92. The van der Waals surface area contributed by atoms with Crippen LogP contribution in [0.2, 0.25) is 0 Å². The first-order valence-electron chi connectivity index (χ1n) is 10.9. The first-order chi connectivity index (χ1) is 15.9. The van der Waals surface area contributed by atoms with Gasteiger partial charge in [-0.05, 0) is 32.4 Å². The molecule has 0 aliphatic carbocycles. The topological polar surface area (TPSA) is 64.2 Å². The van der Waals surface area contributed by atoms with E-state index >= 15 is 0 Å². The van der Waals surface area contributed by atoms with E-state index in [1.54, 1.807) is 18.0 Å². The molecule has 0 aliphatic heterocycles. The van der Waals surface area contributed by atoms with E-state index in [9.17, 15) is 4.79 Å². The zero-order chi connectivity index (χ0) is 23.4. The Morgan fingerprint density at radius 3 is 2.45 bits per heavy atom. The van der Waals surface area contributed by atoms with Crippen LogP contribution in [-0.2, 0) is 17.9 Å². The van der Waals surface area contributed by atoms with Gasteiger partial charge >= 0.3 is 0 Å². The highest BCUT2D eigenvalue weighted by Gasteiger charge is 2.15. The minimum Gasteiger partial charge on any atom is -0.361 e. The summed E-state index contributed by atoms with van der Waals surface area (Å²) in [4.78, 5) is 14.5. The lowest BCUT2D eigenvalue weighted by molar-refractivity contribution is -0.125. The van der Waals surface area contributed by atoms with Gasteiger partial charge in [0.1, 0.15) is 5.76 Å². The van der Waals surface area contributed by atoms with E-state index < -0.39 is 0 Å². The van der Waals surface area contributed by atoms with Gasteiger partial charge in [-0.1, -0.05) is 65.3 Å². The van der Waals surface area contributed by atoms with Crippen LogP contribution in [0.4, 0.5) is 0 Å². The van der Waals surface area contributed by atoms with Gasteiger partial charge in [0.15, 0.2) is 0 Å². The Balaban J connectivity index is 1.58. The fraction of sp³-hybridized carbons (Fsp3) is 0.222. The second kappa shape index (κ2) is 9.69. The van der Waals surface area contributed by atoms with E-state index in [1.807, 2.05) is 49.0 Å². The summed E-state index contributed by atoms with van der Waals surface area (Å²) in [6.07, 6.45) is 5.43. The third kappa shape index (κ3) is 5.29. The maximum absolute atomic E-state index is 12.8. The Hall–Kier alpha value is -3.93. The molecular formula is C27H28N4O2. The van der Waals surface area contributed by atoms with Crippen molar-refractivity contribution in [1.82, 2.24) is 19.8 Å². The second-order valence-corrected chi connectivity index (χ2v) is 8.31. The van der Waals surface area contributed by atoms with Crippen LogP contribution in [0, 0.1) is 20.8 Å². The molecule has 0 fully saturated rings. The third-order valence-electron chi connectivity index (χ3n) is 5.66. The Bertz CT molecular complexity index is 1250. The zero-order valence-corrected chi connectivity index (χ0v) is 19.4. The summed E-state index contributed by atoms with van der Waals surface area (Å²) < 4.78 is 7.13. The molecule has 33 heavy (non-hydrogen) atoms. The molecule has 0 atom stereocenters. The zero-order valence-electron chi connectivity index (χ0n) is 19.4. The molecule has 6 heteroatoms. The van der Waals surface area contributed by atoms with Crippen molar-refractivity contribution in [2.24, 2.45) is 0 Å². The van der Waals surface area contributed by atoms with E-state index in [0.717, 1.165) is 33.8 Å². The Morgan fingerprint density at radius 1 is 1.06 bits per heavy atom. The van der Waals surface area contributed by atoms with Crippen LogP contribution in [0.5, 0.6) is 0 Å². The minimum atomic E-state index is -0.0966. The van der Waals surface area contributed by atoms with E-state index in [1.165, 1.54) is 11.1 Å². The average molecular weight is 441 g/mol. The summed E-state index contributed by atoms with van der Waals surface area (Å²) in [7, 11) is 1.78. The van der Waals surface area contributed by atoms with E-state index in [0.29, 0.717) is 13.1 Å². The molecular weight excluding hydrogens is 412 g/mol. The molecule has 2 heterocycles. The van der Waals surface area contributed by atoms with Gasteiger partial charge in [-0.15, -0.1) is 0 Å². The molecule has 0 saturated carbocycles. The number of likely N-dealkylation sites (N-methyl/N-ethyl adjacent to an activating group) is 1. The normalized spacial score (nSPS) is 11.3. The SMILES string of the molecule is Cc1ccc(-c2nn(Cc3ccccc3)cc2/C=C/C(=O)N(C)Cc2c(C)noc2C)cc1. The molecule has 2 aromatic carbocycles. The molecule has 0 saturated heterocycles. The van der Waals surface area contributed by atoms with Crippen LogP contribution in [0.25, 0.3) is 17.3 Å². The highest BCUT2D eigenvalue weighted by atomic mass is 16.5. The number of aryl methyl sites for hydroxylation is 3. The fourth-order valence-electron chi connectivity index (χ4n) is 3.68. The number of rotatable bonds is 7. The quantitative estimate of drug-likeness (QED) is 0.371. The molecule has 0 bridgehead atoms. The molecule has 0 aliphatic rings. The van der Waals surface area contributed by atoms with Gasteiger partial charge in [0.25, 0.3) is 0 Å². The molecule has 4 rings (SSSR count). The van der Waals surface area contributed by atoms with Gasteiger partial charge in [0, 0.05) is 36.0 Å². The predicted molar refractivity (Wildman–Crippen MR) is 129 cm³/mol. The molecule has 0 unspecified atom stereocenters. The summed E-state index contributed by atoms with van der Waals surface area (Å²) in [6.45, 7) is 6.91. The van der Waals surface area contributed by atoms with Gasteiger partial charge < -0.3 is 9.42 Å². The smallest absolute Gasteiger partial charge is 0.246 e. The largest absolute Gasteiger partial charge is 0.361 e. The van der Waals surface area contributed by atoms with E-state index in [4.69, 9.17) is 9.62 Å².